The van der Waals surface area contributed by atoms with Gasteiger partial charge in [0.2, 0.25) is 0 Å². The van der Waals surface area contributed by atoms with Gasteiger partial charge in [-0.2, -0.15) is 0 Å². The molecule has 0 amide bonds. The normalized spacial score (nSPS) is 15.3. The highest BCUT2D eigenvalue weighted by molar-refractivity contribution is 5.76. The van der Waals surface area contributed by atoms with Crippen molar-refractivity contribution >= 4 is 22.7 Å². The van der Waals surface area contributed by atoms with Gasteiger partial charge in [0, 0.05) is 38.4 Å². The van der Waals surface area contributed by atoms with Crippen LogP contribution in [-0.2, 0) is 20.6 Å². The molecule has 0 aliphatic carbocycles. The van der Waals surface area contributed by atoms with Crippen molar-refractivity contribution in [1.29, 1.82) is 0 Å². The molecule has 1 aliphatic rings. The van der Waals surface area contributed by atoms with Gasteiger partial charge in [-0.1, -0.05) is 18.2 Å². The van der Waals surface area contributed by atoms with Crippen LogP contribution in [0.15, 0.2) is 65.6 Å². The Bertz CT molecular complexity index is 1290. The molecule has 4 aromatic rings. The highest BCUT2D eigenvalue weighted by Crippen LogP contribution is 2.29. The number of anilines is 2. The van der Waals surface area contributed by atoms with Crippen molar-refractivity contribution < 1.29 is 0 Å². The number of piperidine rings is 1. The summed E-state index contributed by atoms with van der Waals surface area (Å²) >= 11 is 0. The molecule has 1 fully saturated rings. The molecule has 0 spiro atoms. The molecule has 0 unspecified atom stereocenters. The largest absolute Gasteiger partial charge is 0.328 e. The smallest absolute Gasteiger partial charge is 0.325 e. The lowest BCUT2D eigenvalue weighted by Gasteiger charge is -2.31. The minimum atomic E-state index is 0.0187. The maximum absolute atomic E-state index is 12.2. The summed E-state index contributed by atoms with van der Waals surface area (Å²) < 4.78 is 3.43. The van der Waals surface area contributed by atoms with Crippen LogP contribution in [0, 0.1) is 0 Å². The number of benzene rings is 1. The van der Waals surface area contributed by atoms with E-state index in [4.69, 9.17) is 4.98 Å². The van der Waals surface area contributed by atoms with E-state index < -0.39 is 0 Å². The Labute approximate surface area is 187 Å². The van der Waals surface area contributed by atoms with Crippen LogP contribution in [0.2, 0.25) is 0 Å². The average molecular weight is 429 g/mol. The second kappa shape index (κ2) is 8.59. The third kappa shape index (κ3) is 4.03. The zero-order valence-corrected chi connectivity index (χ0v) is 18.5. The fourth-order valence-corrected chi connectivity index (χ4v) is 4.61. The third-order valence-electron chi connectivity index (χ3n) is 6.44. The van der Waals surface area contributed by atoms with E-state index in [-0.39, 0.29) is 5.69 Å². The van der Waals surface area contributed by atoms with Crippen LogP contribution < -0.4 is 11.0 Å². The Balaban J connectivity index is 1.23. The van der Waals surface area contributed by atoms with Gasteiger partial charge in [-0.05, 0) is 67.9 Å². The minimum Gasteiger partial charge on any atom is -0.325 e. The molecule has 5 rings (SSSR count). The number of nitrogens with one attached hydrogen (secondary N) is 1. The van der Waals surface area contributed by atoms with Crippen molar-refractivity contribution in [1.82, 2.24) is 24.0 Å². The SMILES string of the molecule is Cn1c(=O)n(C)c2cc(CN3CCC(c4cccc(Nc5ccccn5)n4)CC3)ccc21. The summed E-state index contributed by atoms with van der Waals surface area (Å²) in [4.78, 5) is 23.9. The summed E-state index contributed by atoms with van der Waals surface area (Å²) in [6.45, 7) is 2.98. The number of pyridine rings is 2. The van der Waals surface area contributed by atoms with Crippen LogP contribution in [0.25, 0.3) is 11.0 Å². The molecule has 3 aromatic heterocycles. The summed E-state index contributed by atoms with van der Waals surface area (Å²) in [6.07, 6.45) is 3.95. The number of hydrogen-bond acceptors (Lipinski definition) is 5. The van der Waals surface area contributed by atoms with E-state index in [9.17, 15) is 4.79 Å². The van der Waals surface area contributed by atoms with Gasteiger partial charge in [0.05, 0.1) is 11.0 Å². The topological polar surface area (TPSA) is 68.0 Å². The molecular weight excluding hydrogens is 400 g/mol. The van der Waals surface area contributed by atoms with E-state index in [1.165, 1.54) is 5.56 Å². The molecule has 1 N–H and O–H groups in total. The number of fused-ring (bicyclic) bond motifs is 1. The Kier molecular flexibility index (Phi) is 5.49. The predicted octanol–water partition coefficient (Wildman–Crippen LogP) is 3.79. The van der Waals surface area contributed by atoms with Gasteiger partial charge in [0.25, 0.3) is 0 Å². The number of aromatic nitrogens is 4. The lowest BCUT2D eigenvalue weighted by molar-refractivity contribution is 0.203. The second-order valence-corrected chi connectivity index (χ2v) is 8.56. The zero-order chi connectivity index (χ0) is 22.1. The van der Waals surface area contributed by atoms with Crippen molar-refractivity contribution in [3.63, 3.8) is 0 Å². The van der Waals surface area contributed by atoms with Gasteiger partial charge in [0.15, 0.2) is 0 Å². The van der Waals surface area contributed by atoms with Crippen molar-refractivity contribution in [3.8, 4) is 0 Å². The summed E-state index contributed by atoms with van der Waals surface area (Å²) in [5.41, 5.74) is 4.38. The standard InChI is InChI=1S/C25H28N6O/c1-29-21-10-9-18(16-22(21)30(2)25(29)32)17-31-14-11-19(12-15-31)20-6-5-8-24(27-20)28-23-7-3-4-13-26-23/h3-10,13,16,19H,11-12,14-15,17H2,1-2H3,(H,26,27,28). The first-order chi connectivity index (χ1) is 15.6. The fourth-order valence-electron chi connectivity index (χ4n) is 4.61. The van der Waals surface area contributed by atoms with Crippen molar-refractivity contribution in [2.75, 3.05) is 18.4 Å². The first-order valence-electron chi connectivity index (χ1n) is 11.1. The first-order valence-corrected chi connectivity index (χ1v) is 11.1. The second-order valence-electron chi connectivity index (χ2n) is 8.56. The average Bonchev–Trinajstić information content (AvgIpc) is 3.04. The lowest BCUT2D eigenvalue weighted by atomic mass is 9.92. The maximum atomic E-state index is 12.2. The number of aryl methyl sites for hydroxylation is 2. The number of rotatable bonds is 5. The Morgan fingerprint density at radius 2 is 1.72 bits per heavy atom. The molecule has 7 heteroatoms. The van der Waals surface area contributed by atoms with Gasteiger partial charge in [-0.25, -0.2) is 14.8 Å². The van der Waals surface area contributed by atoms with Gasteiger partial charge in [-0.3, -0.25) is 14.0 Å². The summed E-state index contributed by atoms with van der Waals surface area (Å²) in [5.74, 6) is 2.11. The summed E-state index contributed by atoms with van der Waals surface area (Å²) in [5, 5.41) is 3.29. The fraction of sp³-hybridized carbons (Fsp3) is 0.320. The van der Waals surface area contributed by atoms with Crippen LogP contribution in [-0.4, -0.2) is 37.1 Å². The molecule has 0 radical (unpaired) electrons. The summed E-state index contributed by atoms with van der Waals surface area (Å²) in [6, 6.07) is 18.3. The van der Waals surface area contributed by atoms with Gasteiger partial charge < -0.3 is 5.32 Å². The third-order valence-corrected chi connectivity index (χ3v) is 6.44. The minimum absolute atomic E-state index is 0.0187. The van der Waals surface area contributed by atoms with Crippen molar-refractivity contribution in [2.24, 2.45) is 14.1 Å². The zero-order valence-electron chi connectivity index (χ0n) is 18.5. The Morgan fingerprint density at radius 3 is 2.50 bits per heavy atom. The Morgan fingerprint density at radius 1 is 0.938 bits per heavy atom. The highest BCUT2D eigenvalue weighted by Gasteiger charge is 2.22. The maximum Gasteiger partial charge on any atom is 0.328 e. The van der Waals surface area contributed by atoms with E-state index in [2.05, 4.69) is 45.5 Å². The Hall–Kier alpha value is -3.45. The molecule has 32 heavy (non-hydrogen) atoms. The molecular formula is C25H28N6O. The highest BCUT2D eigenvalue weighted by atomic mass is 16.1. The van der Waals surface area contributed by atoms with E-state index in [0.29, 0.717) is 5.92 Å². The van der Waals surface area contributed by atoms with Crippen LogP contribution >= 0.6 is 0 Å². The molecule has 1 aromatic carbocycles. The predicted molar refractivity (Wildman–Crippen MR) is 127 cm³/mol. The number of likely N-dealkylation sites (tertiary alicyclic amines) is 1. The van der Waals surface area contributed by atoms with E-state index in [0.717, 1.165) is 60.8 Å². The molecule has 1 saturated heterocycles. The van der Waals surface area contributed by atoms with Gasteiger partial charge >= 0.3 is 5.69 Å². The van der Waals surface area contributed by atoms with E-state index in [1.807, 2.05) is 38.4 Å². The van der Waals surface area contributed by atoms with Crippen LogP contribution in [0.1, 0.15) is 30.0 Å². The number of nitrogens with zero attached hydrogens (tertiary/aromatic N) is 5. The van der Waals surface area contributed by atoms with Crippen LogP contribution in [0.4, 0.5) is 11.6 Å². The van der Waals surface area contributed by atoms with E-state index >= 15 is 0 Å². The van der Waals surface area contributed by atoms with Gasteiger partial charge in [0.1, 0.15) is 11.6 Å². The molecule has 0 bridgehead atoms. The number of imidazole rings is 1. The van der Waals surface area contributed by atoms with Crippen LogP contribution in [0.3, 0.4) is 0 Å². The number of hydrogen-bond donors (Lipinski definition) is 1. The van der Waals surface area contributed by atoms with Crippen LogP contribution in [0.5, 0.6) is 0 Å². The quantitative estimate of drug-likeness (QED) is 0.524. The molecule has 1 aliphatic heterocycles. The molecule has 164 valence electrons. The molecule has 4 heterocycles. The summed E-state index contributed by atoms with van der Waals surface area (Å²) in [7, 11) is 3.66. The molecule has 0 atom stereocenters. The lowest BCUT2D eigenvalue weighted by Crippen LogP contribution is -2.32. The monoisotopic (exact) mass is 428 g/mol. The van der Waals surface area contributed by atoms with E-state index in [1.54, 1.807) is 15.3 Å². The first kappa shape index (κ1) is 20.5. The van der Waals surface area contributed by atoms with Gasteiger partial charge in [-0.15, -0.1) is 0 Å². The molecule has 7 nitrogen and oxygen atoms in total. The van der Waals surface area contributed by atoms with Crippen molar-refractivity contribution in [3.05, 3.63) is 82.5 Å². The van der Waals surface area contributed by atoms with Crippen molar-refractivity contribution in [2.45, 2.75) is 25.3 Å². The molecule has 0 saturated carbocycles.